The molecular weight excluding hydrogens is 474 g/mol. The molecule has 0 aliphatic carbocycles. The molecule has 0 radical (unpaired) electrons. The highest BCUT2D eigenvalue weighted by Crippen LogP contribution is 2.42. The van der Waals surface area contributed by atoms with Gasteiger partial charge in [0.1, 0.15) is 11.3 Å². The third-order valence-corrected chi connectivity index (χ3v) is 8.45. The van der Waals surface area contributed by atoms with E-state index in [4.69, 9.17) is 25.7 Å². The number of unbranched alkanes of at least 4 members (excludes halogenated alkanes) is 1. The van der Waals surface area contributed by atoms with Crippen molar-refractivity contribution >= 4 is 63.0 Å². The first-order valence-corrected chi connectivity index (χ1v) is 13.4. The number of nitrogens with zero attached hydrogens (tertiary/aromatic N) is 1. The zero-order valence-electron chi connectivity index (χ0n) is 18.7. The zero-order chi connectivity index (χ0) is 23.2. The van der Waals surface area contributed by atoms with E-state index >= 15 is 0 Å². The van der Waals surface area contributed by atoms with Crippen molar-refractivity contribution in [1.29, 1.82) is 0 Å². The van der Waals surface area contributed by atoms with Crippen LogP contribution in [0.1, 0.15) is 36.3 Å². The molecule has 4 rings (SSSR count). The number of rotatable bonds is 10. The first-order chi connectivity index (χ1) is 16.1. The highest BCUT2D eigenvalue weighted by Gasteiger charge is 2.16. The summed E-state index contributed by atoms with van der Waals surface area (Å²) in [7, 11) is 1.43. The van der Waals surface area contributed by atoms with Crippen LogP contribution in [0.4, 0.5) is 0 Å². The lowest BCUT2D eigenvalue weighted by atomic mass is 10.1. The number of benzene rings is 2. The van der Waals surface area contributed by atoms with Crippen LogP contribution in [-0.2, 0) is 9.53 Å². The van der Waals surface area contributed by atoms with E-state index in [1.54, 1.807) is 11.8 Å². The first-order valence-electron chi connectivity index (χ1n) is 11.0. The third-order valence-electron chi connectivity index (χ3n) is 5.29. The van der Waals surface area contributed by atoms with Gasteiger partial charge in [-0.1, -0.05) is 43.1 Å². The lowest BCUT2D eigenvalue weighted by Gasteiger charge is -2.16. The molecule has 2 aromatic heterocycles. The maximum absolute atomic E-state index is 11.5. The Balaban J connectivity index is 1.59. The van der Waals surface area contributed by atoms with Crippen molar-refractivity contribution < 1.29 is 13.9 Å². The quantitative estimate of drug-likeness (QED) is 0.125. The molecular formula is C26H26ClNO3S2. The summed E-state index contributed by atoms with van der Waals surface area (Å²) in [5.74, 6) is 2.38. The highest BCUT2D eigenvalue weighted by molar-refractivity contribution is 8.16. The van der Waals surface area contributed by atoms with Gasteiger partial charge in [0.2, 0.25) is 0 Å². The molecule has 7 heteroatoms. The van der Waals surface area contributed by atoms with Crippen LogP contribution < -0.4 is 0 Å². The van der Waals surface area contributed by atoms with Crippen molar-refractivity contribution in [3.63, 3.8) is 0 Å². The van der Waals surface area contributed by atoms with E-state index in [9.17, 15) is 4.79 Å². The minimum atomic E-state index is -0.168. The lowest BCUT2D eigenvalue weighted by Crippen LogP contribution is -2.02. The van der Waals surface area contributed by atoms with E-state index in [-0.39, 0.29) is 10.6 Å². The molecule has 0 aliphatic rings. The Labute approximate surface area is 207 Å². The summed E-state index contributed by atoms with van der Waals surface area (Å²) in [4.78, 5) is 16.3. The van der Waals surface area contributed by atoms with Crippen LogP contribution >= 0.6 is 35.1 Å². The SMILES string of the molecule is CCCCSC(SCCC(=O)OC)c1ccc2oc(-c3ccc4ccc(Cl)cc4n3)cc2c1. The van der Waals surface area contributed by atoms with Gasteiger partial charge in [-0.15, -0.1) is 23.5 Å². The van der Waals surface area contributed by atoms with Crippen molar-refractivity contribution in [2.24, 2.45) is 0 Å². The molecule has 1 unspecified atom stereocenters. The smallest absolute Gasteiger partial charge is 0.306 e. The van der Waals surface area contributed by atoms with Crippen LogP contribution in [0.25, 0.3) is 33.3 Å². The summed E-state index contributed by atoms with van der Waals surface area (Å²) >= 11 is 9.86. The van der Waals surface area contributed by atoms with E-state index in [1.165, 1.54) is 25.5 Å². The van der Waals surface area contributed by atoms with Crippen LogP contribution in [0.3, 0.4) is 0 Å². The van der Waals surface area contributed by atoms with E-state index in [0.717, 1.165) is 44.8 Å². The number of thioether (sulfide) groups is 2. The third kappa shape index (κ3) is 6.05. The van der Waals surface area contributed by atoms with Gasteiger partial charge in [-0.25, -0.2) is 4.98 Å². The van der Waals surface area contributed by atoms with Crippen molar-refractivity contribution in [3.8, 4) is 11.5 Å². The van der Waals surface area contributed by atoms with Crippen molar-refractivity contribution in [1.82, 2.24) is 4.98 Å². The number of hydrogen-bond acceptors (Lipinski definition) is 6. The monoisotopic (exact) mass is 499 g/mol. The fourth-order valence-corrected chi connectivity index (χ4v) is 6.46. The summed E-state index contributed by atoms with van der Waals surface area (Å²) in [5.41, 5.74) is 3.68. The normalized spacial score (nSPS) is 12.3. The zero-order valence-corrected chi connectivity index (χ0v) is 21.1. The number of furan rings is 1. The molecule has 4 aromatic rings. The largest absolute Gasteiger partial charge is 0.469 e. The molecule has 0 aliphatic heterocycles. The van der Waals surface area contributed by atoms with Crippen LogP contribution in [-0.4, -0.2) is 29.6 Å². The molecule has 0 bridgehead atoms. The predicted molar refractivity (Wildman–Crippen MR) is 141 cm³/mol. The standard InChI is InChI=1S/C26H26ClNO3S2/c1-3-4-12-32-26(33-13-11-25(29)30-2)18-7-10-23-19(14-18)15-24(31-23)21-9-6-17-5-8-20(27)16-22(17)28-21/h5-10,14-16,26H,3-4,11-13H2,1-2H3. The Morgan fingerprint density at radius 2 is 1.88 bits per heavy atom. The van der Waals surface area contributed by atoms with Gasteiger partial charge in [0.15, 0.2) is 5.76 Å². The Morgan fingerprint density at radius 1 is 1.06 bits per heavy atom. The molecule has 0 saturated carbocycles. The summed E-state index contributed by atoms with van der Waals surface area (Å²) in [6.07, 6.45) is 2.76. The number of ether oxygens (including phenoxy) is 1. The summed E-state index contributed by atoms with van der Waals surface area (Å²) < 4.78 is 11.2. The average Bonchev–Trinajstić information content (AvgIpc) is 3.26. The molecule has 2 heterocycles. The number of pyridine rings is 1. The van der Waals surface area contributed by atoms with Gasteiger partial charge in [-0.3, -0.25) is 4.79 Å². The number of esters is 1. The first kappa shape index (κ1) is 24.0. The molecule has 172 valence electrons. The van der Waals surface area contributed by atoms with Crippen LogP contribution in [0.5, 0.6) is 0 Å². The van der Waals surface area contributed by atoms with Gasteiger partial charge in [0.05, 0.1) is 23.6 Å². The summed E-state index contributed by atoms with van der Waals surface area (Å²) in [6, 6.07) is 18.1. The van der Waals surface area contributed by atoms with Crippen LogP contribution in [0, 0.1) is 0 Å². The number of halogens is 1. The Morgan fingerprint density at radius 3 is 2.70 bits per heavy atom. The molecule has 0 saturated heterocycles. The number of aromatic nitrogens is 1. The topological polar surface area (TPSA) is 52.3 Å². The molecule has 0 spiro atoms. The molecule has 0 amide bonds. The molecule has 0 fully saturated rings. The number of hydrogen-bond donors (Lipinski definition) is 0. The number of carbonyl (C=O) groups is 1. The minimum absolute atomic E-state index is 0.168. The summed E-state index contributed by atoms with van der Waals surface area (Å²) in [6.45, 7) is 2.20. The Bertz CT molecular complexity index is 1260. The molecule has 2 aromatic carbocycles. The van der Waals surface area contributed by atoms with Gasteiger partial charge in [0.25, 0.3) is 0 Å². The number of carbonyl (C=O) groups excluding carboxylic acids is 1. The maximum atomic E-state index is 11.5. The van der Waals surface area contributed by atoms with E-state index in [0.29, 0.717) is 11.4 Å². The van der Waals surface area contributed by atoms with Crippen LogP contribution in [0.15, 0.2) is 59.0 Å². The lowest BCUT2D eigenvalue weighted by molar-refractivity contribution is -0.140. The second-order valence-electron chi connectivity index (χ2n) is 7.69. The fourth-order valence-electron chi connectivity index (χ4n) is 3.49. The number of methoxy groups -OCH3 is 1. The van der Waals surface area contributed by atoms with E-state index in [2.05, 4.69) is 19.1 Å². The van der Waals surface area contributed by atoms with Gasteiger partial charge < -0.3 is 9.15 Å². The molecule has 33 heavy (non-hydrogen) atoms. The van der Waals surface area contributed by atoms with Gasteiger partial charge >= 0.3 is 5.97 Å². The molecule has 1 atom stereocenters. The second-order valence-corrected chi connectivity index (χ2v) is 10.9. The van der Waals surface area contributed by atoms with E-state index in [1.807, 2.05) is 54.2 Å². The molecule has 0 N–H and O–H groups in total. The second kappa shape index (κ2) is 11.3. The van der Waals surface area contributed by atoms with Crippen molar-refractivity contribution in [3.05, 3.63) is 65.2 Å². The maximum Gasteiger partial charge on any atom is 0.306 e. The summed E-state index contributed by atoms with van der Waals surface area (Å²) in [5, 5.41) is 2.75. The Kier molecular flexibility index (Phi) is 8.23. The highest BCUT2D eigenvalue weighted by atomic mass is 35.5. The average molecular weight is 500 g/mol. The number of fused-ring (bicyclic) bond motifs is 2. The Hall–Kier alpha value is -2.15. The van der Waals surface area contributed by atoms with Gasteiger partial charge in [0, 0.05) is 21.5 Å². The van der Waals surface area contributed by atoms with Crippen molar-refractivity contribution in [2.45, 2.75) is 30.8 Å². The van der Waals surface area contributed by atoms with Crippen molar-refractivity contribution in [2.75, 3.05) is 18.6 Å². The fraction of sp³-hybridized carbons (Fsp3) is 0.308. The van der Waals surface area contributed by atoms with E-state index < -0.39 is 0 Å². The minimum Gasteiger partial charge on any atom is -0.469 e. The predicted octanol–water partition coefficient (Wildman–Crippen LogP) is 8.13. The molecule has 4 nitrogen and oxygen atoms in total. The van der Waals surface area contributed by atoms with Gasteiger partial charge in [-0.05, 0) is 54.1 Å². The van der Waals surface area contributed by atoms with Gasteiger partial charge in [-0.2, -0.15) is 0 Å². The van der Waals surface area contributed by atoms with Crippen LogP contribution in [0.2, 0.25) is 5.02 Å².